The van der Waals surface area contributed by atoms with Crippen molar-refractivity contribution in [3.63, 3.8) is 0 Å². The van der Waals surface area contributed by atoms with Crippen molar-refractivity contribution in [3.8, 4) is 0 Å². The second kappa shape index (κ2) is 11.2. The monoisotopic (exact) mass is 592 g/mol. The second-order valence-corrected chi connectivity index (χ2v) is 9.98. The van der Waals surface area contributed by atoms with Gasteiger partial charge in [-0.3, -0.25) is 4.79 Å². The molecular weight excluding hydrogens is 559 g/mol. The number of urea groups is 1. The van der Waals surface area contributed by atoms with Crippen LogP contribution in [0.25, 0.3) is 5.65 Å². The van der Waals surface area contributed by atoms with Crippen molar-refractivity contribution in [2.75, 3.05) is 26.7 Å². The maximum absolute atomic E-state index is 14.9. The zero-order valence-electron chi connectivity index (χ0n) is 26.2. The van der Waals surface area contributed by atoms with Crippen LogP contribution in [0.3, 0.4) is 0 Å². The largest absolute Gasteiger partial charge is 0.393 e. The zero-order chi connectivity index (χ0) is 33.8. The number of carbonyl (C=O) groups is 2. The maximum atomic E-state index is 14.9. The number of aromatic nitrogens is 5. The number of imidazole rings is 1. The molecule has 41 heavy (non-hydrogen) atoms. The molecule has 0 bridgehead atoms. The number of fused-ring (bicyclic) bond motifs is 1. The summed E-state index contributed by atoms with van der Waals surface area (Å²) in [5.41, 5.74) is -2.18. The minimum atomic E-state index is -4.70. The van der Waals surface area contributed by atoms with Crippen molar-refractivity contribution >= 4 is 17.6 Å². The first-order valence-electron chi connectivity index (χ1n) is 14.1. The number of amides is 3. The van der Waals surface area contributed by atoms with Gasteiger partial charge in [-0.2, -0.15) is 18.3 Å². The fourth-order valence-electron chi connectivity index (χ4n) is 3.98. The highest BCUT2D eigenvalue weighted by Crippen LogP contribution is 2.42. The minimum absolute atomic E-state index is 0.00251. The number of halogens is 5. The molecule has 0 aliphatic carbocycles. The number of alkyl halides is 5. The van der Waals surface area contributed by atoms with E-state index in [1.807, 2.05) is 0 Å². The van der Waals surface area contributed by atoms with Crippen LogP contribution < -0.4 is 10.6 Å². The summed E-state index contributed by atoms with van der Waals surface area (Å²) < 4.78 is 112. The number of aryl methyl sites for hydroxylation is 1. The summed E-state index contributed by atoms with van der Waals surface area (Å²) in [6.45, 7) is -4.60. The summed E-state index contributed by atoms with van der Waals surface area (Å²) in [7, 11) is 1.17. The van der Waals surface area contributed by atoms with Crippen LogP contribution in [0.4, 0.5) is 26.7 Å². The predicted octanol–water partition coefficient (Wildman–Crippen LogP) is 3.61. The second-order valence-electron chi connectivity index (χ2n) is 9.98. The third kappa shape index (κ3) is 6.55. The van der Waals surface area contributed by atoms with Crippen LogP contribution in [0.5, 0.6) is 0 Å². The SMILES string of the molecule is [2H]C1([2H])NC(=O)N(C(COC)c2cnn3cc(C(CCC(C)(C)C(F)(F)F)NC(=O)c4nonc4C)nc3c2)C([2H])([2H])C1(F)F. The molecule has 1 saturated heterocycles. The van der Waals surface area contributed by atoms with Crippen molar-refractivity contribution < 1.29 is 46.4 Å². The van der Waals surface area contributed by atoms with Crippen LogP contribution in [0, 0.1) is 12.3 Å². The van der Waals surface area contributed by atoms with E-state index in [0.717, 1.165) is 20.0 Å². The Balaban J connectivity index is 1.72. The van der Waals surface area contributed by atoms with E-state index in [9.17, 15) is 31.5 Å². The minimum Gasteiger partial charge on any atom is -0.382 e. The van der Waals surface area contributed by atoms with Crippen LogP contribution >= 0.6 is 0 Å². The molecule has 1 fully saturated rings. The Labute approximate surface area is 236 Å². The average Bonchev–Trinajstić information content (AvgIpc) is 3.54. The Morgan fingerprint density at radius 2 is 2.07 bits per heavy atom. The molecule has 0 saturated carbocycles. The number of ether oxygens (including phenoxy) is 1. The van der Waals surface area contributed by atoms with Crippen LogP contribution in [0.1, 0.15) is 71.7 Å². The molecule has 3 aromatic heterocycles. The van der Waals surface area contributed by atoms with Crippen LogP contribution in [-0.4, -0.2) is 80.6 Å². The van der Waals surface area contributed by atoms with Gasteiger partial charge >= 0.3 is 12.2 Å². The molecule has 1 aliphatic rings. The lowest BCUT2D eigenvalue weighted by atomic mass is 9.85. The third-order valence-electron chi connectivity index (χ3n) is 6.54. The number of carbonyl (C=O) groups excluding carboxylic acids is 2. The fourth-order valence-corrected chi connectivity index (χ4v) is 3.98. The molecule has 17 heteroatoms. The van der Waals surface area contributed by atoms with Gasteiger partial charge in [0, 0.05) is 12.7 Å². The Hall–Kier alpha value is -3.89. The van der Waals surface area contributed by atoms with E-state index < -0.39 is 67.6 Å². The molecule has 0 radical (unpaired) electrons. The highest BCUT2D eigenvalue weighted by Gasteiger charge is 2.47. The van der Waals surface area contributed by atoms with Gasteiger partial charge in [-0.05, 0) is 31.0 Å². The lowest BCUT2D eigenvalue weighted by Crippen LogP contribution is -2.58. The molecule has 224 valence electrons. The van der Waals surface area contributed by atoms with Crippen molar-refractivity contribution in [2.24, 2.45) is 5.41 Å². The normalized spacial score (nSPS) is 21.3. The van der Waals surface area contributed by atoms with Gasteiger partial charge in [-0.15, -0.1) is 0 Å². The number of rotatable bonds is 10. The topological polar surface area (TPSA) is 140 Å². The van der Waals surface area contributed by atoms with Crippen LogP contribution in [0.2, 0.25) is 0 Å². The molecule has 12 nitrogen and oxygen atoms in total. The highest BCUT2D eigenvalue weighted by atomic mass is 19.4. The van der Waals surface area contributed by atoms with Crippen molar-refractivity contribution in [1.82, 2.24) is 40.4 Å². The zero-order valence-corrected chi connectivity index (χ0v) is 22.2. The van der Waals surface area contributed by atoms with E-state index in [1.165, 1.54) is 36.1 Å². The van der Waals surface area contributed by atoms with Gasteiger partial charge in [0.05, 0.1) is 60.7 Å². The molecular formula is C24H29F5N8O4. The van der Waals surface area contributed by atoms with Gasteiger partial charge in [-0.1, -0.05) is 19.0 Å². The standard InChI is InChI=1S/C24H29F5N8O4/c1-13-19(35-41-34-13)20(38)33-15(5-6-22(2,3)24(27,28)29)16-9-37-18(32-16)7-14(8-31-37)17(10-40-4)36-12-23(25,26)11-30-21(36)39/h7-9,15,17H,5-6,10-12H2,1-4H3,(H,30,39)(H,33,38)/i11D2,12D2. The van der Waals surface area contributed by atoms with E-state index in [2.05, 4.69) is 30.3 Å². The lowest BCUT2D eigenvalue weighted by molar-refractivity contribution is -0.214. The third-order valence-corrected chi connectivity index (χ3v) is 6.54. The molecule has 2 atom stereocenters. The first-order chi connectivity index (χ1) is 20.6. The molecule has 3 aromatic rings. The summed E-state index contributed by atoms with van der Waals surface area (Å²) in [5, 5.41) is 15.2. The highest BCUT2D eigenvalue weighted by molar-refractivity contribution is 5.93. The molecule has 2 N–H and O–H groups in total. The van der Waals surface area contributed by atoms with Gasteiger partial charge in [0.1, 0.15) is 5.69 Å². The number of nitrogens with one attached hydrogen (secondary N) is 2. The molecule has 4 heterocycles. The van der Waals surface area contributed by atoms with Gasteiger partial charge in [0.25, 0.3) is 11.8 Å². The summed E-state index contributed by atoms with van der Waals surface area (Å²) >= 11 is 0. The van der Waals surface area contributed by atoms with E-state index >= 15 is 0 Å². The van der Waals surface area contributed by atoms with Gasteiger partial charge in [0.2, 0.25) is 0 Å². The molecule has 4 rings (SSSR count). The van der Waals surface area contributed by atoms with Crippen molar-refractivity contribution in [2.45, 2.75) is 57.8 Å². The lowest BCUT2D eigenvalue weighted by Gasteiger charge is -2.38. The smallest absolute Gasteiger partial charge is 0.382 e. The first kappa shape index (κ1) is 24.9. The quantitative estimate of drug-likeness (QED) is 0.341. The Morgan fingerprint density at radius 1 is 1.34 bits per heavy atom. The van der Waals surface area contributed by atoms with Crippen LogP contribution in [-0.2, 0) is 4.74 Å². The van der Waals surface area contributed by atoms with Gasteiger partial charge in [0.15, 0.2) is 11.3 Å². The molecule has 0 aromatic carbocycles. The van der Waals surface area contributed by atoms with Gasteiger partial charge in [-0.25, -0.2) is 27.7 Å². The van der Waals surface area contributed by atoms with E-state index in [1.54, 1.807) is 0 Å². The van der Waals surface area contributed by atoms with E-state index in [-0.39, 0.29) is 39.6 Å². The Kier molecular flexibility index (Phi) is 6.78. The number of hydrogen-bond acceptors (Lipinski definition) is 8. The summed E-state index contributed by atoms with van der Waals surface area (Å²) in [6, 6.07) is -2.89. The summed E-state index contributed by atoms with van der Waals surface area (Å²) in [4.78, 5) is 30.2. The first-order valence-corrected chi connectivity index (χ1v) is 12.1. The molecule has 0 spiro atoms. The summed E-state index contributed by atoms with van der Waals surface area (Å²) in [6.07, 6.45) is -2.79. The van der Waals surface area contributed by atoms with E-state index in [0.29, 0.717) is 0 Å². The van der Waals surface area contributed by atoms with Gasteiger partial charge < -0.3 is 20.3 Å². The van der Waals surface area contributed by atoms with Crippen LogP contribution in [0.15, 0.2) is 23.1 Å². The molecule has 2 unspecified atom stereocenters. The molecule has 3 amide bonds. The Morgan fingerprint density at radius 3 is 2.71 bits per heavy atom. The predicted molar refractivity (Wildman–Crippen MR) is 131 cm³/mol. The Bertz CT molecular complexity index is 1580. The van der Waals surface area contributed by atoms with Crippen molar-refractivity contribution in [1.29, 1.82) is 0 Å². The number of methoxy groups -OCH3 is 1. The van der Waals surface area contributed by atoms with E-state index in [4.69, 9.17) is 10.2 Å². The van der Waals surface area contributed by atoms with Crippen molar-refractivity contribution in [3.05, 3.63) is 41.1 Å². The maximum Gasteiger partial charge on any atom is 0.393 e. The fraction of sp³-hybridized carbons (Fsp3) is 0.583. The number of nitrogens with zero attached hydrogens (tertiary/aromatic N) is 6. The molecule has 1 aliphatic heterocycles. The average molecular weight is 593 g/mol. The summed E-state index contributed by atoms with van der Waals surface area (Å²) in [5.74, 6) is -5.50. The number of hydrogen-bond donors (Lipinski definition) is 2.